The molecule has 2 aromatic rings. The first-order valence-corrected chi connectivity index (χ1v) is 8.52. The number of amides is 1. The minimum Gasteiger partial charge on any atom is -0.492 e. The molecule has 2 heterocycles. The van der Waals surface area contributed by atoms with Crippen LogP contribution in [0, 0.1) is 19.8 Å². The van der Waals surface area contributed by atoms with Gasteiger partial charge in [-0.1, -0.05) is 18.2 Å². The van der Waals surface area contributed by atoms with E-state index in [-0.39, 0.29) is 11.8 Å². The van der Waals surface area contributed by atoms with E-state index in [1.54, 1.807) is 0 Å². The van der Waals surface area contributed by atoms with E-state index in [2.05, 4.69) is 10.2 Å². The minimum absolute atomic E-state index is 0.0812. The number of ether oxygens (including phenoxy) is 1. The Labute approximate surface area is 143 Å². The van der Waals surface area contributed by atoms with Gasteiger partial charge in [0.2, 0.25) is 5.91 Å². The van der Waals surface area contributed by atoms with Gasteiger partial charge in [0.1, 0.15) is 12.4 Å². The predicted molar refractivity (Wildman–Crippen MR) is 93.2 cm³/mol. The van der Waals surface area contributed by atoms with Crippen LogP contribution in [0.3, 0.4) is 0 Å². The standard InChI is InChI=1S/C19H25N3O2/c1-13-17(14(2)21-20-13)8-6-10-22(3)19(23)16-11-15-7-4-5-9-18(15)24-12-16/h4-5,7,9,16H,6,8,10-12H2,1-3H3,(H,20,21)/t16-/m0/s1. The highest BCUT2D eigenvalue weighted by atomic mass is 16.5. The first-order chi connectivity index (χ1) is 11.6. The summed E-state index contributed by atoms with van der Waals surface area (Å²) < 4.78 is 5.74. The maximum Gasteiger partial charge on any atom is 0.229 e. The molecule has 3 rings (SSSR count). The van der Waals surface area contributed by atoms with Crippen molar-refractivity contribution < 1.29 is 9.53 Å². The molecular weight excluding hydrogens is 302 g/mol. The Morgan fingerprint density at radius 2 is 2.17 bits per heavy atom. The molecule has 0 saturated heterocycles. The van der Waals surface area contributed by atoms with Crippen LogP contribution in [0.2, 0.25) is 0 Å². The maximum absolute atomic E-state index is 12.7. The molecule has 1 aromatic carbocycles. The number of nitrogens with one attached hydrogen (secondary N) is 1. The lowest BCUT2D eigenvalue weighted by Crippen LogP contribution is -2.39. The first kappa shape index (κ1) is 16.6. The number of aryl methyl sites for hydroxylation is 2. The average Bonchev–Trinajstić information content (AvgIpc) is 2.92. The summed E-state index contributed by atoms with van der Waals surface area (Å²) in [6.07, 6.45) is 2.64. The van der Waals surface area contributed by atoms with Crippen LogP contribution in [0.5, 0.6) is 5.75 Å². The first-order valence-electron chi connectivity index (χ1n) is 8.52. The van der Waals surface area contributed by atoms with Gasteiger partial charge in [-0.05, 0) is 50.3 Å². The van der Waals surface area contributed by atoms with Gasteiger partial charge in [-0.2, -0.15) is 5.10 Å². The molecule has 1 aromatic heterocycles. The van der Waals surface area contributed by atoms with Crippen LogP contribution in [-0.4, -0.2) is 41.2 Å². The number of aromatic amines is 1. The number of hydrogen-bond acceptors (Lipinski definition) is 3. The van der Waals surface area contributed by atoms with Crippen molar-refractivity contribution in [2.45, 2.75) is 33.1 Å². The Morgan fingerprint density at radius 1 is 1.38 bits per heavy atom. The summed E-state index contributed by atoms with van der Waals surface area (Å²) in [6, 6.07) is 7.97. The van der Waals surface area contributed by atoms with E-state index in [4.69, 9.17) is 4.74 Å². The number of H-pyrrole nitrogens is 1. The van der Waals surface area contributed by atoms with Crippen molar-refractivity contribution in [1.82, 2.24) is 15.1 Å². The van der Waals surface area contributed by atoms with Gasteiger partial charge in [-0.25, -0.2) is 0 Å². The van der Waals surface area contributed by atoms with E-state index in [1.165, 1.54) is 5.56 Å². The van der Waals surface area contributed by atoms with Crippen molar-refractivity contribution >= 4 is 5.91 Å². The normalized spacial score (nSPS) is 16.4. The zero-order valence-electron chi connectivity index (χ0n) is 14.6. The molecule has 5 heteroatoms. The monoisotopic (exact) mass is 327 g/mol. The Morgan fingerprint density at radius 3 is 2.92 bits per heavy atom. The number of benzene rings is 1. The van der Waals surface area contributed by atoms with Crippen LogP contribution in [0.15, 0.2) is 24.3 Å². The topological polar surface area (TPSA) is 58.2 Å². The molecule has 1 aliphatic heterocycles. The third-order valence-electron chi connectivity index (χ3n) is 4.81. The van der Waals surface area contributed by atoms with Crippen LogP contribution < -0.4 is 4.74 Å². The maximum atomic E-state index is 12.7. The number of carbonyl (C=O) groups is 1. The van der Waals surface area contributed by atoms with Gasteiger partial charge in [0.05, 0.1) is 11.6 Å². The minimum atomic E-state index is -0.0812. The predicted octanol–water partition coefficient (Wildman–Crippen LogP) is 2.67. The Balaban J connectivity index is 1.52. The van der Waals surface area contributed by atoms with Gasteiger partial charge in [0.25, 0.3) is 0 Å². The summed E-state index contributed by atoms with van der Waals surface area (Å²) >= 11 is 0. The van der Waals surface area contributed by atoms with Gasteiger partial charge in [0, 0.05) is 19.3 Å². The van der Waals surface area contributed by atoms with Gasteiger partial charge in [-0.15, -0.1) is 0 Å². The number of aromatic nitrogens is 2. The van der Waals surface area contributed by atoms with E-state index in [9.17, 15) is 4.79 Å². The highest BCUT2D eigenvalue weighted by Crippen LogP contribution is 2.27. The van der Waals surface area contributed by atoms with E-state index in [0.717, 1.165) is 48.5 Å². The van der Waals surface area contributed by atoms with Crippen LogP contribution in [0.1, 0.15) is 28.9 Å². The molecule has 128 valence electrons. The smallest absolute Gasteiger partial charge is 0.229 e. The Bertz CT molecular complexity index is 704. The van der Waals surface area contributed by atoms with Crippen molar-refractivity contribution in [3.63, 3.8) is 0 Å². The Hall–Kier alpha value is -2.30. The average molecular weight is 327 g/mol. The summed E-state index contributed by atoms with van der Waals surface area (Å²) in [5.74, 6) is 1.00. The molecule has 0 bridgehead atoms. The molecule has 0 radical (unpaired) electrons. The zero-order chi connectivity index (χ0) is 17.1. The fourth-order valence-corrected chi connectivity index (χ4v) is 3.34. The molecule has 24 heavy (non-hydrogen) atoms. The summed E-state index contributed by atoms with van der Waals surface area (Å²) in [4.78, 5) is 14.5. The number of hydrogen-bond donors (Lipinski definition) is 1. The fraction of sp³-hybridized carbons (Fsp3) is 0.474. The lowest BCUT2D eigenvalue weighted by atomic mass is 9.95. The van der Waals surface area contributed by atoms with Crippen LogP contribution >= 0.6 is 0 Å². The van der Waals surface area contributed by atoms with Crippen molar-refractivity contribution in [1.29, 1.82) is 0 Å². The molecule has 0 saturated carbocycles. The summed E-state index contributed by atoms with van der Waals surface area (Å²) in [6.45, 7) is 5.28. The number of rotatable bonds is 5. The third kappa shape index (κ3) is 3.45. The molecule has 1 atom stereocenters. The summed E-state index contributed by atoms with van der Waals surface area (Å²) in [5, 5.41) is 7.23. The van der Waals surface area contributed by atoms with Crippen LogP contribution in [0.25, 0.3) is 0 Å². The van der Waals surface area contributed by atoms with Crippen molar-refractivity contribution in [3.8, 4) is 5.75 Å². The fourth-order valence-electron chi connectivity index (χ4n) is 3.34. The molecule has 0 fully saturated rings. The summed E-state index contributed by atoms with van der Waals surface area (Å²) in [7, 11) is 1.89. The second-order valence-corrected chi connectivity index (χ2v) is 6.60. The lowest BCUT2D eigenvalue weighted by molar-refractivity contribution is -0.135. The Kier molecular flexibility index (Phi) is 4.88. The highest BCUT2D eigenvalue weighted by Gasteiger charge is 2.27. The SMILES string of the molecule is Cc1n[nH]c(C)c1CCCN(C)C(=O)[C@@H]1COc2ccccc2C1. The van der Waals surface area contributed by atoms with E-state index < -0.39 is 0 Å². The molecular formula is C19H25N3O2. The third-order valence-corrected chi connectivity index (χ3v) is 4.81. The molecule has 1 aliphatic rings. The number of para-hydroxylation sites is 1. The van der Waals surface area contributed by atoms with E-state index in [0.29, 0.717) is 6.61 Å². The quantitative estimate of drug-likeness (QED) is 0.918. The number of fused-ring (bicyclic) bond motifs is 1. The highest BCUT2D eigenvalue weighted by molar-refractivity contribution is 5.79. The van der Waals surface area contributed by atoms with Gasteiger partial charge >= 0.3 is 0 Å². The second-order valence-electron chi connectivity index (χ2n) is 6.60. The molecule has 0 aliphatic carbocycles. The lowest BCUT2D eigenvalue weighted by Gasteiger charge is -2.28. The van der Waals surface area contributed by atoms with Crippen molar-refractivity contribution in [2.75, 3.05) is 20.2 Å². The largest absolute Gasteiger partial charge is 0.492 e. The second kappa shape index (κ2) is 7.07. The van der Waals surface area contributed by atoms with E-state index >= 15 is 0 Å². The molecule has 0 spiro atoms. The molecule has 5 nitrogen and oxygen atoms in total. The van der Waals surface area contributed by atoms with Crippen LogP contribution in [-0.2, 0) is 17.6 Å². The van der Waals surface area contributed by atoms with E-state index in [1.807, 2.05) is 50.1 Å². The zero-order valence-corrected chi connectivity index (χ0v) is 14.6. The molecule has 1 amide bonds. The van der Waals surface area contributed by atoms with Gasteiger partial charge in [-0.3, -0.25) is 9.89 Å². The van der Waals surface area contributed by atoms with Crippen molar-refractivity contribution in [3.05, 3.63) is 46.8 Å². The summed E-state index contributed by atoms with van der Waals surface area (Å²) in [5.41, 5.74) is 4.57. The molecule has 1 N–H and O–H groups in total. The van der Waals surface area contributed by atoms with Gasteiger partial charge < -0.3 is 9.64 Å². The van der Waals surface area contributed by atoms with Crippen LogP contribution in [0.4, 0.5) is 0 Å². The van der Waals surface area contributed by atoms with Crippen molar-refractivity contribution in [2.24, 2.45) is 5.92 Å². The number of nitrogens with zero attached hydrogens (tertiary/aromatic N) is 2. The number of carbonyl (C=O) groups excluding carboxylic acids is 1. The van der Waals surface area contributed by atoms with Gasteiger partial charge in [0.15, 0.2) is 0 Å². The molecule has 0 unspecified atom stereocenters.